The van der Waals surface area contributed by atoms with Gasteiger partial charge in [-0.3, -0.25) is 4.79 Å². The summed E-state index contributed by atoms with van der Waals surface area (Å²) in [6.07, 6.45) is -0.188. The number of nitrogens with zero attached hydrogens (tertiary/aromatic N) is 2. The molecule has 1 N–H and O–H groups in total. The van der Waals surface area contributed by atoms with Crippen LogP contribution in [-0.2, 0) is 14.4 Å². The second-order valence-electron chi connectivity index (χ2n) is 5.32. The third kappa shape index (κ3) is 4.34. The van der Waals surface area contributed by atoms with Crippen molar-refractivity contribution in [3.05, 3.63) is 30.0 Å². The number of halogens is 4. The van der Waals surface area contributed by atoms with Crippen molar-refractivity contribution in [2.45, 2.75) is 23.4 Å². The maximum absolute atomic E-state index is 13.8. The Kier molecular flexibility index (Phi) is 6.12. The molecule has 0 spiro atoms. The van der Waals surface area contributed by atoms with E-state index in [0.717, 1.165) is 0 Å². The smallest absolute Gasteiger partial charge is 0.348 e. The van der Waals surface area contributed by atoms with Crippen LogP contribution in [0.5, 0.6) is 5.88 Å². The molecule has 25 heavy (non-hydrogen) atoms. The SMILES string of the molecule is COC(=O)[C@@H]1C[C@@H](Oc2nc3ccccc3nc2C(F)(F)Br)CN1.Cl. The molecular weight excluding hydrogens is 424 g/mol. The highest BCUT2D eigenvalue weighted by molar-refractivity contribution is 9.09. The van der Waals surface area contributed by atoms with Gasteiger partial charge in [0.25, 0.3) is 0 Å². The standard InChI is InChI=1S/C15H14BrF2N3O3.ClH/c1-23-14(22)11-6-8(7-19-11)24-13-12(15(16,17)18)20-9-4-2-3-5-10(9)21-13;/h2-5,8,11,19H,6-7H2,1H3;1H/t8-,11+;/m1./s1. The summed E-state index contributed by atoms with van der Waals surface area (Å²) in [7, 11) is 1.29. The van der Waals surface area contributed by atoms with Crippen LogP contribution in [0.25, 0.3) is 11.0 Å². The van der Waals surface area contributed by atoms with Crippen LogP contribution >= 0.6 is 28.3 Å². The predicted octanol–water partition coefficient (Wildman–Crippen LogP) is 2.78. The largest absolute Gasteiger partial charge is 0.471 e. The number of carbonyl (C=O) groups is 1. The van der Waals surface area contributed by atoms with E-state index in [1.807, 2.05) is 0 Å². The summed E-state index contributed by atoms with van der Waals surface area (Å²) in [6, 6.07) is 6.15. The Balaban J connectivity index is 0.00000225. The molecule has 2 atom stereocenters. The number of carbonyl (C=O) groups excluding carboxylic acids is 1. The average Bonchev–Trinajstić information content (AvgIpc) is 3.01. The van der Waals surface area contributed by atoms with Crippen molar-refractivity contribution in [1.82, 2.24) is 15.3 Å². The van der Waals surface area contributed by atoms with Crippen LogP contribution in [0, 0.1) is 0 Å². The first-order chi connectivity index (χ1) is 11.4. The molecular formula is C15H15BrClF2N3O3. The van der Waals surface area contributed by atoms with E-state index in [0.29, 0.717) is 24.0 Å². The van der Waals surface area contributed by atoms with Crippen molar-refractivity contribution in [3.63, 3.8) is 0 Å². The number of methoxy groups -OCH3 is 1. The number of aromatic nitrogens is 2. The fraction of sp³-hybridized carbons (Fsp3) is 0.400. The van der Waals surface area contributed by atoms with Crippen LogP contribution in [0.4, 0.5) is 8.78 Å². The van der Waals surface area contributed by atoms with Crippen LogP contribution in [0.1, 0.15) is 12.1 Å². The monoisotopic (exact) mass is 437 g/mol. The first-order valence-corrected chi connectivity index (χ1v) is 7.99. The Morgan fingerprint density at radius 3 is 2.56 bits per heavy atom. The molecule has 0 bridgehead atoms. The minimum atomic E-state index is -3.38. The number of para-hydroxylation sites is 2. The summed E-state index contributed by atoms with van der Waals surface area (Å²) in [5.41, 5.74) is 0.196. The molecule has 10 heteroatoms. The molecule has 0 radical (unpaired) electrons. The van der Waals surface area contributed by atoms with Crippen molar-refractivity contribution in [1.29, 1.82) is 0 Å². The fourth-order valence-corrected chi connectivity index (χ4v) is 2.78. The highest BCUT2D eigenvalue weighted by atomic mass is 79.9. The Morgan fingerprint density at radius 2 is 1.96 bits per heavy atom. The molecule has 1 aliphatic heterocycles. The number of nitrogens with one attached hydrogen (secondary N) is 1. The van der Waals surface area contributed by atoms with E-state index in [9.17, 15) is 13.6 Å². The number of esters is 1. The van der Waals surface area contributed by atoms with Crippen LogP contribution in [0.2, 0.25) is 0 Å². The molecule has 2 aromatic rings. The maximum Gasteiger partial charge on any atom is 0.348 e. The Bertz CT molecular complexity index is 775. The Hall–Kier alpha value is -1.58. The van der Waals surface area contributed by atoms with E-state index >= 15 is 0 Å². The summed E-state index contributed by atoms with van der Waals surface area (Å²) in [6.45, 7) is 0.321. The van der Waals surface area contributed by atoms with Gasteiger partial charge in [0.1, 0.15) is 12.1 Å². The predicted molar refractivity (Wildman–Crippen MR) is 92.4 cm³/mol. The van der Waals surface area contributed by atoms with Gasteiger partial charge in [0.15, 0.2) is 5.69 Å². The molecule has 1 aromatic carbocycles. The first kappa shape index (κ1) is 19.7. The minimum Gasteiger partial charge on any atom is -0.471 e. The molecule has 0 amide bonds. The quantitative estimate of drug-likeness (QED) is 0.585. The van der Waals surface area contributed by atoms with E-state index < -0.39 is 28.6 Å². The highest BCUT2D eigenvalue weighted by Gasteiger charge is 2.37. The summed E-state index contributed by atoms with van der Waals surface area (Å²) in [4.78, 5) is 16.3. The lowest BCUT2D eigenvalue weighted by molar-refractivity contribution is -0.142. The molecule has 0 saturated carbocycles. The molecule has 0 unspecified atom stereocenters. The Labute approximate surface area is 156 Å². The summed E-state index contributed by atoms with van der Waals surface area (Å²) in [5, 5.41) is 2.93. The number of benzene rings is 1. The number of ether oxygens (including phenoxy) is 2. The normalized spacial score (nSPS) is 20.2. The van der Waals surface area contributed by atoms with Crippen molar-refractivity contribution < 1.29 is 23.0 Å². The molecule has 2 heterocycles. The average molecular weight is 439 g/mol. The molecule has 1 saturated heterocycles. The number of fused-ring (bicyclic) bond motifs is 1. The molecule has 1 aromatic heterocycles. The van der Waals surface area contributed by atoms with Gasteiger partial charge in [-0.15, -0.1) is 12.4 Å². The summed E-state index contributed by atoms with van der Waals surface area (Å²) >= 11 is 2.31. The van der Waals surface area contributed by atoms with Crippen molar-refractivity contribution in [2.24, 2.45) is 0 Å². The van der Waals surface area contributed by atoms with Gasteiger partial charge in [-0.2, -0.15) is 8.78 Å². The maximum atomic E-state index is 13.8. The van der Waals surface area contributed by atoms with Gasteiger partial charge >= 0.3 is 10.8 Å². The number of alkyl halides is 3. The van der Waals surface area contributed by atoms with Gasteiger partial charge in [-0.1, -0.05) is 12.1 Å². The van der Waals surface area contributed by atoms with Gasteiger partial charge in [-0.05, 0) is 28.1 Å². The third-order valence-corrected chi connectivity index (χ3v) is 4.04. The van der Waals surface area contributed by atoms with E-state index in [-0.39, 0.29) is 18.3 Å². The van der Waals surface area contributed by atoms with E-state index in [4.69, 9.17) is 4.74 Å². The van der Waals surface area contributed by atoms with Gasteiger partial charge in [0.2, 0.25) is 5.88 Å². The van der Waals surface area contributed by atoms with Crippen LogP contribution in [0.3, 0.4) is 0 Å². The van der Waals surface area contributed by atoms with Crippen molar-refractivity contribution in [3.8, 4) is 5.88 Å². The van der Waals surface area contributed by atoms with Crippen molar-refractivity contribution >= 4 is 45.3 Å². The number of hydrogen-bond donors (Lipinski definition) is 1. The van der Waals surface area contributed by atoms with E-state index in [2.05, 4.69) is 36.0 Å². The molecule has 6 nitrogen and oxygen atoms in total. The second-order valence-corrected chi connectivity index (χ2v) is 6.32. The van der Waals surface area contributed by atoms with Crippen LogP contribution in [0.15, 0.2) is 24.3 Å². The van der Waals surface area contributed by atoms with Gasteiger partial charge in [-0.25, -0.2) is 9.97 Å². The molecule has 136 valence electrons. The lowest BCUT2D eigenvalue weighted by atomic mass is 10.2. The second kappa shape index (κ2) is 7.76. The molecule has 1 aliphatic rings. The zero-order valence-corrected chi connectivity index (χ0v) is 15.4. The fourth-order valence-electron chi connectivity index (χ4n) is 2.52. The number of rotatable bonds is 4. The van der Waals surface area contributed by atoms with E-state index in [1.54, 1.807) is 24.3 Å². The van der Waals surface area contributed by atoms with Crippen LogP contribution in [-0.4, -0.2) is 41.7 Å². The molecule has 1 fully saturated rings. The lowest BCUT2D eigenvalue weighted by Crippen LogP contribution is -2.31. The Morgan fingerprint density at radius 1 is 1.32 bits per heavy atom. The van der Waals surface area contributed by atoms with Gasteiger partial charge < -0.3 is 14.8 Å². The zero-order valence-electron chi connectivity index (χ0n) is 13.0. The first-order valence-electron chi connectivity index (χ1n) is 7.20. The van der Waals surface area contributed by atoms with Crippen molar-refractivity contribution in [2.75, 3.05) is 13.7 Å². The highest BCUT2D eigenvalue weighted by Crippen LogP contribution is 2.39. The topological polar surface area (TPSA) is 73.3 Å². The van der Waals surface area contributed by atoms with Gasteiger partial charge in [0.05, 0.1) is 18.1 Å². The van der Waals surface area contributed by atoms with Gasteiger partial charge in [0, 0.05) is 13.0 Å². The number of hydrogen-bond acceptors (Lipinski definition) is 6. The lowest BCUT2D eigenvalue weighted by Gasteiger charge is -2.17. The van der Waals surface area contributed by atoms with Crippen LogP contribution < -0.4 is 10.1 Å². The minimum absolute atomic E-state index is 0. The third-order valence-electron chi connectivity index (χ3n) is 3.66. The summed E-state index contributed by atoms with van der Waals surface area (Å²) < 4.78 is 37.9. The van der Waals surface area contributed by atoms with E-state index in [1.165, 1.54) is 7.11 Å². The zero-order chi connectivity index (χ0) is 17.3. The molecule has 0 aliphatic carbocycles. The summed E-state index contributed by atoms with van der Waals surface area (Å²) in [5.74, 6) is -0.676. The molecule has 3 rings (SSSR count).